The Labute approximate surface area is 134 Å². The van der Waals surface area contributed by atoms with E-state index in [2.05, 4.69) is 10.6 Å². The van der Waals surface area contributed by atoms with E-state index in [1.165, 1.54) is 24.3 Å². The molecule has 8 heteroatoms. The van der Waals surface area contributed by atoms with Crippen LogP contribution in [0.3, 0.4) is 0 Å². The zero-order chi connectivity index (χ0) is 16.7. The number of non-ortho nitro benzene ring substituents is 1. The molecule has 8 nitrogen and oxygen atoms in total. The van der Waals surface area contributed by atoms with Crippen LogP contribution in [0, 0.1) is 10.1 Å². The van der Waals surface area contributed by atoms with E-state index in [-0.39, 0.29) is 30.5 Å². The number of urea groups is 1. The Balaban J connectivity index is 1.62. The van der Waals surface area contributed by atoms with Gasteiger partial charge in [-0.25, -0.2) is 4.79 Å². The van der Waals surface area contributed by atoms with Crippen molar-refractivity contribution in [2.75, 3.05) is 19.8 Å². The van der Waals surface area contributed by atoms with Crippen molar-refractivity contribution in [3.63, 3.8) is 0 Å². The smallest absolute Gasteiger partial charge is 0.315 e. The second-order valence-electron chi connectivity index (χ2n) is 5.34. The minimum absolute atomic E-state index is 0.0120. The summed E-state index contributed by atoms with van der Waals surface area (Å²) in [5.74, 6) is 0.519. The van der Waals surface area contributed by atoms with Crippen molar-refractivity contribution in [1.29, 1.82) is 0 Å². The molecule has 23 heavy (non-hydrogen) atoms. The first-order valence-corrected chi connectivity index (χ1v) is 7.59. The van der Waals surface area contributed by atoms with Gasteiger partial charge in [0.2, 0.25) is 0 Å². The predicted molar refractivity (Wildman–Crippen MR) is 83.6 cm³/mol. The number of carbonyl (C=O) groups excluding carboxylic acids is 1. The lowest BCUT2D eigenvalue weighted by atomic mass is 10.1. The van der Waals surface area contributed by atoms with Crippen LogP contribution in [0.2, 0.25) is 0 Å². The van der Waals surface area contributed by atoms with Gasteiger partial charge in [-0.15, -0.1) is 0 Å². The summed E-state index contributed by atoms with van der Waals surface area (Å²) in [4.78, 5) is 21.8. The Morgan fingerprint density at radius 3 is 2.83 bits per heavy atom. The summed E-state index contributed by atoms with van der Waals surface area (Å²) in [5.41, 5.74) is 0.0120. The molecule has 1 aliphatic heterocycles. The van der Waals surface area contributed by atoms with Crippen LogP contribution in [0.5, 0.6) is 5.75 Å². The first kappa shape index (κ1) is 17.0. The van der Waals surface area contributed by atoms with Crippen LogP contribution in [0.4, 0.5) is 10.5 Å². The van der Waals surface area contributed by atoms with Gasteiger partial charge in [0.1, 0.15) is 12.4 Å². The second-order valence-corrected chi connectivity index (χ2v) is 5.34. The molecule has 0 aromatic heterocycles. The second kappa shape index (κ2) is 8.33. The molecule has 1 saturated heterocycles. The molecule has 2 amide bonds. The van der Waals surface area contributed by atoms with E-state index in [1.807, 2.05) is 6.92 Å². The van der Waals surface area contributed by atoms with Crippen LogP contribution in [-0.4, -0.2) is 42.9 Å². The number of nitrogens with one attached hydrogen (secondary N) is 2. The highest BCUT2D eigenvalue weighted by atomic mass is 16.6. The van der Waals surface area contributed by atoms with Gasteiger partial charge in [0, 0.05) is 18.7 Å². The van der Waals surface area contributed by atoms with Gasteiger partial charge in [-0.1, -0.05) is 0 Å². The average molecular weight is 323 g/mol. The van der Waals surface area contributed by atoms with Gasteiger partial charge in [0.05, 0.1) is 23.6 Å². The van der Waals surface area contributed by atoms with E-state index in [9.17, 15) is 14.9 Å². The molecule has 2 rings (SSSR count). The zero-order valence-electron chi connectivity index (χ0n) is 13.0. The first-order chi connectivity index (χ1) is 11.1. The summed E-state index contributed by atoms with van der Waals surface area (Å²) in [6.07, 6.45) is 2.07. The third kappa shape index (κ3) is 5.41. The van der Waals surface area contributed by atoms with Gasteiger partial charge in [-0.3, -0.25) is 10.1 Å². The highest BCUT2D eigenvalue weighted by Gasteiger charge is 2.23. The average Bonchev–Trinajstić information content (AvgIpc) is 3.06. The van der Waals surface area contributed by atoms with E-state index < -0.39 is 4.92 Å². The van der Waals surface area contributed by atoms with E-state index >= 15 is 0 Å². The molecular formula is C15H21N3O5. The number of ether oxygens (including phenoxy) is 2. The molecule has 0 unspecified atom stereocenters. The fraction of sp³-hybridized carbons (Fsp3) is 0.533. The van der Waals surface area contributed by atoms with Crippen molar-refractivity contribution in [2.24, 2.45) is 0 Å². The minimum atomic E-state index is -0.467. The summed E-state index contributed by atoms with van der Waals surface area (Å²) in [7, 11) is 0. The molecule has 1 aliphatic rings. The van der Waals surface area contributed by atoms with E-state index in [4.69, 9.17) is 9.47 Å². The van der Waals surface area contributed by atoms with Crippen molar-refractivity contribution in [3.05, 3.63) is 34.4 Å². The zero-order valence-corrected chi connectivity index (χ0v) is 13.0. The van der Waals surface area contributed by atoms with Crippen LogP contribution in [0.1, 0.15) is 19.8 Å². The largest absolute Gasteiger partial charge is 0.492 e. The molecule has 0 bridgehead atoms. The lowest BCUT2D eigenvalue weighted by molar-refractivity contribution is -0.384. The number of hydrogen-bond donors (Lipinski definition) is 2. The quantitative estimate of drug-likeness (QED) is 0.453. The van der Waals surface area contributed by atoms with Gasteiger partial charge in [-0.05, 0) is 31.9 Å². The Hall–Kier alpha value is -2.35. The molecule has 1 aromatic rings. The van der Waals surface area contributed by atoms with Crippen LogP contribution >= 0.6 is 0 Å². The van der Waals surface area contributed by atoms with Crippen molar-refractivity contribution in [1.82, 2.24) is 10.6 Å². The van der Waals surface area contributed by atoms with Gasteiger partial charge >= 0.3 is 6.03 Å². The molecule has 2 N–H and O–H groups in total. The molecule has 1 heterocycles. The lowest BCUT2D eigenvalue weighted by Crippen LogP contribution is -2.46. The van der Waals surface area contributed by atoms with E-state index in [0.717, 1.165) is 19.4 Å². The number of carbonyl (C=O) groups is 1. The van der Waals surface area contributed by atoms with Crippen LogP contribution in [0.25, 0.3) is 0 Å². The number of nitrogens with zero attached hydrogens (tertiary/aromatic N) is 1. The number of rotatable bonds is 7. The van der Waals surface area contributed by atoms with Gasteiger partial charge < -0.3 is 20.1 Å². The SMILES string of the molecule is C[C@@H](NC(=O)NCCOc1ccc([N+](=O)[O-])cc1)[C@H]1CCCO1. The molecular weight excluding hydrogens is 302 g/mol. The number of amides is 2. The Bertz CT molecular complexity index is 528. The Morgan fingerprint density at radius 2 is 2.22 bits per heavy atom. The maximum absolute atomic E-state index is 11.7. The minimum Gasteiger partial charge on any atom is -0.492 e. The van der Waals surface area contributed by atoms with Crippen LogP contribution in [0.15, 0.2) is 24.3 Å². The van der Waals surface area contributed by atoms with Gasteiger partial charge in [0.25, 0.3) is 5.69 Å². The first-order valence-electron chi connectivity index (χ1n) is 7.59. The Kier molecular flexibility index (Phi) is 6.16. The molecule has 0 saturated carbocycles. The monoisotopic (exact) mass is 323 g/mol. The summed E-state index contributed by atoms with van der Waals surface area (Å²) >= 11 is 0. The van der Waals surface area contributed by atoms with E-state index in [1.54, 1.807) is 0 Å². The number of hydrogen-bond acceptors (Lipinski definition) is 5. The van der Waals surface area contributed by atoms with Gasteiger partial charge in [-0.2, -0.15) is 0 Å². The fourth-order valence-corrected chi connectivity index (χ4v) is 2.35. The predicted octanol–water partition coefficient (Wildman–Crippen LogP) is 1.84. The molecule has 0 radical (unpaired) electrons. The van der Waals surface area contributed by atoms with Crippen molar-refractivity contribution in [2.45, 2.75) is 31.9 Å². The molecule has 0 aliphatic carbocycles. The third-order valence-corrected chi connectivity index (χ3v) is 3.59. The van der Waals surface area contributed by atoms with Crippen molar-refractivity contribution < 1.29 is 19.2 Å². The summed E-state index contributed by atoms with van der Waals surface area (Å²) < 4.78 is 10.9. The lowest BCUT2D eigenvalue weighted by Gasteiger charge is -2.20. The molecule has 0 spiro atoms. The molecule has 2 atom stereocenters. The summed E-state index contributed by atoms with van der Waals surface area (Å²) in [6.45, 7) is 3.28. The van der Waals surface area contributed by atoms with Crippen LogP contribution in [-0.2, 0) is 4.74 Å². The number of nitro benzene ring substituents is 1. The number of nitro groups is 1. The summed E-state index contributed by atoms with van der Waals surface area (Å²) in [6, 6.07) is 5.50. The standard InChI is InChI=1S/C15H21N3O5/c1-11(14-3-2-9-23-14)17-15(19)16-8-10-22-13-6-4-12(5-7-13)18(20)21/h4-7,11,14H,2-3,8-10H2,1H3,(H2,16,17,19)/t11-,14-/m1/s1. The fourth-order valence-electron chi connectivity index (χ4n) is 2.35. The maximum Gasteiger partial charge on any atom is 0.315 e. The molecule has 1 aromatic carbocycles. The van der Waals surface area contributed by atoms with E-state index in [0.29, 0.717) is 12.3 Å². The normalized spacial score (nSPS) is 18.2. The highest BCUT2D eigenvalue weighted by molar-refractivity contribution is 5.74. The summed E-state index contributed by atoms with van der Waals surface area (Å²) in [5, 5.41) is 16.1. The third-order valence-electron chi connectivity index (χ3n) is 3.59. The number of benzene rings is 1. The highest BCUT2D eigenvalue weighted by Crippen LogP contribution is 2.17. The van der Waals surface area contributed by atoms with Crippen molar-refractivity contribution in [3.8, 4) is 5.75 Å². The molecule has 126 valence electrons. The topological polar surface area (TPSA) is 103 Å². The Morgan fingerprint density at radius 1 is 1.48 bits per heavy atom. The maximum atomic E-state index is 11.7. The molecule has 1 fully saturated rings. The van der Waals surface area contributed by atoms with Crippen molar-refractivity contribution >= 4 is 11.7 Å². The van der Waals surface area contributed by atoms with Crippen LogP contribution < -0.4 is 15.4 Å². The van der Waals surface area contributed by atoms with Gasteiger partial charge in [0.15, 0.2) is 0 Å².